The average Bonchev–Trinajstić information content (AvgIpc) is 3.31. The van der Waals surface area contributed by atoms with Crippen molar-refractivity contribution in [1.82, 2.24) is 24.8 Å². The molecule has 0 bridgehead atoms. The molecular weight excluding hydrogens is 462 g/mol. The van der Waals surface area contributed by atoms with Gasteiger partial charge in [-0.2, -0.15) is 0 Å². The lowest BCUT2D eigenvalue weighted by atomic mass is 9.97. The summed E-state index contributed by atoms with van der Waals surface area (Å²) in [7, 11) is 2.07. The fraction of sp³-hybridized carbons (Fsp3) is 0.296. The Morgan fingerprint density at radius 2 is 2.09 bits per heavy atom. The van der Waals surface area contributed by atoms with Gasteiger partial charge >= 0.3 is 0 Å². The van der Waals surface area contributed by atoms with Crippen LogP contribution in [0, 0.1) is 6.92 Å². The van der Waals surface area contributed by atoms with E-state index in [1.807, 2.05) is 19.1 Å². The summed E-state index contributed by atoms with van der Waals surface area (Å²) < 4.78 is 1.46. The number of rotatable bonds is 6. The predicted octanol–water partition coefficient (Wildman–Crippen LogP) is 4.30. The van der Waals surface area contributed by atoms with Gasteiger partial charge in [-0.15, -0.1) is 0 Å². The van der Waals surface area contributed by atoms with Gasteiger partial charge in [0, 0.05) is 42.0 Å². The molecule has 3 heterocycles. The Morgan fingerprint density at radius 3 is 2.83 bits per heavy atom. The molecule has 7 nitrogen and oxygen atoms in total. The number of fused-ring (bicyclic) bond motifs is 1. The molecule has 0 radical (unpaired) electrons. The molecule has 180 valence electrons. The Hall–Kier alpha value is -3.26. The van der Waals surface area contributed by atoms with E-state index in [0.29, 0.717) is 34.3 Å². The molecule has 2 N–H and O–H groups in total. The molecule has 0 amide bonds. The van der Waals surface area contributed by atoms with E-state index in [4.69, 9.17) is 11.6 Å². The zero-order valence-electron chi connectivity index (χ0n) is 19.8. The van der Waals surface area contributed by atoms with Crippen LogP contribution in [0.15, 0.2) is 59.8 Å². The number of nitrogens with one attached hydrogen (secondary N) is 1. The highest BCUT2D eigenvalue weighted by Crippen LogP contribution is 2.31. The van der Waals surface area contributed by atoms with Crippen molar-refractivity contribution in [1.29, 1.82) is 0 Å². The van der Waals surface area contributed by atoms with Crippen LogP contribution in [0.1, 0.15) is 24.0 Å². The molecule has 1 aliphatic heterocycles. The summed E-state index contributed by atoms with van der Waals surface area (Å²) in [6.45, 7) is 4.47. The molecule has 2 aromatic carbocycles. The number of nitrogens with zero attached hydrogens (tertiary/aromatic N) is 4. The van der Waals surface area contributed by atoms with Gasteiger partial charge in [0.1, 0.15) is 12.1 Å². The number of hydrogen-bond donors (Lipinski definition) is 2. The number of benzene rings is 2. The summed E-state index contributed by atoms with van der Waals surface area (Å²) in [4.78, 5) is 25.1. The van der Waals surface area contributed by atoms with Gasteiger partial charge in [0.15, 0.2) is 5.65 Å². The van der Waals surface area contributed by atoms with Crippen LogP contribution in [0.5, 0.6) is 5.75 Å². The highest BCUT2D eigenvalue weighted by Gasteiger charge is 2.21. The lowest BCUT2D eigenvalue weighted by Gasteiger charge is -2.23. The van der Waals surface area contributed by atoms with Crippen LogP contribution < -0.4 is 10.9 Å². The topological polar surface area (TPSA) is 83.3 Å². The minimum atomic E-state index is -0.226. The van der Waals surface area contributed by atoms with Crippen molar-refractivity contribution in [3.8, 4) is 22.6 Å². The Morgan fingerprint density at radius 1 is 1.23 bits per heavy atom. The van der Waals surface area contributed by atoms with E-state index in [1.54, 1.807) is 30.5 Å². The van der Waals surface area contributed by atoms with E-state index in [0.717, 1.165) is 41.8 Å². The second-order valence-electron chi connectivity index (χ2n) is 9.30. The lowest BCUT2D eigenvalue weighted by molar-refractivity contribution is 0.294. The number of pyridine rings is 1. The highest BCUT2D eigenvalue weighted by atomic mass is 35.5. The van der Waals surface area contributed by atoms with Crippen LogP contribution in [-0.4, -0.2) is 50.7 Å². The highest BCUT2D eigenvalue weighted by molar-refractivity contribution is 6.31. The smallest absolute Gasteiger partial charge is 0.267 e. The van der Waals surface area contributed by atoms with Gasteiger partial charge in [0.05, 0.1) is 11.1 Å². The molecule has 35 heavy (non-hydrogen) atoms. The van der Waals surface area contributed by atoms with Crippen LogP contribution in [0.3, 0.4) is 0 Å². The molecule has 2 aromatic heterocycles. The summed E-state index contributed by atoms with van der Waals surface area (Å²) in [6, 6.07) is 12.9. The maximum atomic E-state index is 13.8. The van der Waals surface area contributed by atoms with Gasteiger partial charge in [0.25, 0.3) is 5.56 Å². The number of halogens is 1. The summed E-state index contributed by atoms with van der Waals surface area (Å²) in [5, 5.41) is 14.6. The van der Waals surface area contributed by atoms with Crippen molar-refractivity contribution < 1.29 is 5.11 Å². The quantitative estimate of drug-likeness (QED) is 0.420. The fourth-order valence-electron chi connectivity index (χ4n) is 4.90. The number of hydrogen-bond acceptors (Lipinski definition) is 6. The van der Waals surface area contributed by atoms with Crippen LogP contribution in [-0.2, 0) is 6.54 Å². The first-order valence-electron chi connectivity index (χ1n) is 11.8. The van der Waals surface area contributed by atoms with E-state index < -0.39 is 0 Å². The first-order chi connectivity index (χ1) is 16.9. The zero-order valence-corrected chi connectivity index (χ0v) is 20.6. The SMILES string of the molecule is Cc1cc(Cl)cc(-c2cnc3ncn(-c4cccc(O)c4)c(=O)c3c2CN(C)C[C@@H]2CCCN2)c1. The second kappa shape index (κ2) is 9.77. The number of aromatic hydroxyl groups is 1. The van der Waals surface area contributed by atoms with Gasteiger partial charge in [0.2, 0.25) is 0 Å². The first-order valence-corrected chi connectivity index (χ1v) is 12.1. The first kappa shape index (κ1) is 23.5. The van der Waals surface area contributed by atoms with Crippen LogP contribution in [0.2, 0.25) is 5.02 Å². The second-order valence-corrected chi connectivity index (χ2v) is 9.73. The third-order valence-corrected chi connectivity index (χ3v) is 6.70. The summed E-state index contributed by atoms with van der Waals surface area (Å²) >= 11 is 6.40. The van der Waals surface area contributed by atoms with E-state index >= 15 is 0 Å². The van der Waals surface area contributed by atoms with Gasteiger partial charge in [-0.1, -0.05) is 23.7 Å². The number of phenols is 1. The largest absolute Gasteiger partial charge is 0.508 e. The molecule has 1 saturated heterocycles. The van der Waals surface area contributed by atoms with Gasteiger partial charge in [-0.3, -0.25) is 9.36 Å². The predicted molar refractivity (Wildman–Crippen MR) is 139 cm³/mol. The zero-order chi connectivity index (χ0) is 24.5. The lowest BCUT2D eigenvalue weighted by Crippen LogP contribution is -2.35. The molecule has 0 spiro atoms. The Labute approximate surface area is 209 Å². The normalized spacial score (nSPS) is 15.8. The van der Waals surface area contributed by atoms with Crippen LogP contribution in [0.4, 0.5) is 0 Å². The van der Waals surface area contributed by atoms with Gasteiger partial charge in [-0.25, -0.2) is 9.97 Å². The Bertz CT molecular complexity index is 1430. The van der Waals surface area contributed by atoms with Gasteiger partial charge in [-0.05, 0) is 74.3 Å². The molecule has 5 rings (SSSR count). The molecule has 1 fully saturated rings. The van der Waals surface area contributed by atoms with Crippen LogP contribution in [0.25, 0.3) is 27.8 Å². The molecule has 8 heteroatoms. The van der Waals surface area contributed by atoms with Crippen LogP contribution >= 0.6 is 11.6 Å². The molecule has 1 atom stereocenters. The van der Waals surface area contributed by atoms with E-state index in [9.17, 15) is 9.90 Å². The van der Waals surface area contributed by atoms with E-state index in [1.165, 1.54) is 17.3 Å². The van der Waals surface area contributed by atoms with E-state index in [2.05, 4.69) is 33.3 Å². The average molecular weight is 490 g/mol. The minimum absolute atomic E-state index is 0.0831. The summed E-state index contributed by atoms with van der Waals surface area (Å²) in [5.41, 5.74) is 4.39. The van der Waals surface area contributed by atoms with Crippen molar-refractivity contribution in [2.24, 2.45) is 0 Å². The molecular formula is C27H28ClN5O2. The molecule has 1 aliphatic rings. The van der Waals surface area contributed by atoms with Crippen molar-refractivity contribution >= 4 is 22.6 Å². The Kier molecular flexibility index (Phi) is 6.56. The van der Waals surface area contributed by atoms with Gasteiger partial charge < -0.3 is 15.3 Å². The maximum absolute atomic E-state index is 13.8. The van der Waals surface area contributed by atoms with Crippen molar-refractivity contribution in [2.45, 2.75) is 32.4 Å². The summed E-state index contributed by atoms with van der Waals surface area (Å²) in [6.07, 6.45) is 5.58. The standard InChI is InChI=1S/C27H28ClN5O2/c1-17-9-18(11-19(28)10-17)23-13-30-26-25(24(23)15-32(2)14-20-5-4-8-29-20)27(35)33(16-31-26)21-6-3-7-22(34)12-21/h3,6-7,9-13,16,20,29,34H,4-5,8,14-15H2,1-2H3/t20-/m0/s1. The molecule has 0 aliphatic carbocycles. The van der Waals surface area contributed by atoms with Crippen molar-refractivity contribution in [3.05, 3.63) is 81.5 Å². The minimum Gasteiger partial charge on any atom is -0.508 e. The Balaban J connectivity index is 1.70. The third-order valence-electron chi connectivity index (χ3n) is 6.48. The molecule has 0 unspecified atom stereocenters. The maximum Gasteiger partial charge on any atom is 0.267 e. The monoisotopic (exact) mass is 489 g/mol. The molecule has 4 aromatic rings. The van der Waals surface area contributed by atoms with Crippen molar-refractivity contribution in [2.75, 3.05) is 20.1 Å². The summed E-state index contributed by atoms with van der Waals surface area (Å²) in [5.74, 6) is 0.0831. The number of aromatic nitrogens is 3. The third kappa shape index (κ3) is 4.93. The van der Waals surface area contributed by atoms with E-state index in [-0.39, 0.29) is 11.3 Å². The van der Waals surface area contributed by atoms with Crippen molar-refractivity contribution in [3.63, 3.8) is 0 Å². The number of likely N-dealkylation sites (N-methyl/N-ethyl adjacent to an activating group) is 1. The molecule has 0 saturated carbocycles. The number of phenolic OH excluding ortho intramolecular Hbond substituents is 1. The fourth-order valence-corrected chi connectivity index (χ4v) is 5.19. The number of aryl methyl sites for hydroxylation is 1.